The van der Waals surface area contributed by atoms with Gasteiger partial charge in [0.05, 0.1) is 35.8 Å². The third-order valence-corrected chi connectivity index (χ3v) is 7.50. The fourth-order valence-electron chi connectivity index (χ4n) is 5.45. The van der Waals surface area contributed by atoms with E-state index in [1.54, 1.807) is 29.7 Å². The van der Waals surface area contributed by atoms with Gasteiger partial charge in [0, 0.05) is 25.9 Å². The van der Waals surface area contributed by atoms with Crippen LogP contribution < -0.4 is 10.6 Å². The molecule has 12 heteroatoms. The molecule has 2 saturated carbocycles. The molecular weight excluding hydrogens is 438 g/mol. The molecule has 6 atom stereocenters. The first kappa shape index (κ1) is 22.7. The number of aromatic nitrogens is 7. The molecule has 2 unspecified atom stereocenters. The van der Waals surface area contributed by atoms with Gasteiger partial charge >= 0.3 is 0 Å². The van der Waals surface area contributed by atoms with Gasteiger partial charge in [-0.2, -0.15) is 14.6 Å². The molecule has 0 radical (unpaired) electrons. The zero-order chi connectivity index (χ0) is 24.2. The Kier molecular flexibility index (Phi) is 5.52. The van der Waals surface area contributed by atoms with E-state index in [-0.39, 0.29) is 17.7 Å². The molecule has 2 fully saturated rings. The van der Waals surface area contributed by atoms with Gasteiger partial charge in [-0.05, 0) is 12.8 Å². The number of unbranched alkanes of at least 4 members (excludes halogenated alkanes) is 1. The summed E-state index contributed by atoms with van der Waals surface area (Å²) in [6.45, 7) is 4.29. The number of aliphatic hydroxyl groups excluding tert-OH is 2. The second-order valence-corrected chi connectivity index (χ2v) is 9.43. The molecule has 3 aromatic heterocycles. The first-order valence-electron chi connectivity index (χ1n) is 11.8. The van der Waals surface area contributed by atoms with Crippen LogP contribution in [0.2, 0.25) is 0 Å². The molecule has 34 heavy (non-hydrogen) atoms. The summed E-state index contributed by atoms with van der Waals surface area (Å²) in [5.41, 5.74) is 0.912. The normalized spacial score (nSPS) is 28.6. The number of carbonyl (C=O) groups excluding carboxylic acids is 1. The Morgan fingerprint density at radius 3 is 2.82 bits per heavy atom. The molecule has 4 N–H and O–H groups in total. The van der Waals surface area contributed by atoms with E-state index in [2.05, 4.69) is 44.8 Å². The Bertz CT molecular complexity index is 1220. The molecular formula is C22H31N9O3. The van der Waals surface area contributed by atoms with Crippen LogP contribution in [-0.2, 0) is 4.79 Å². The SMILES string of the molecule is CCCC[C@@H](C)c1cn(-c2nc(NC)c3ncn([C@H]4C(O)[C@H](O)[C@@]5(C(=O)NC)CC45)c3n2)nn1. The van der Waals surface area contributed by atoms with Crippen molar-refractivity contribution < 1.29 is 15.0 Å². The summed E-state index contributed by atoms with van der Waals surface area (Å²) >= 11 is 0. The number of fused-ring (bicyclic) bond motifs is 2. The van der Waals surface area contributed by atoms with Crippen molar-refractivity contribution in [1.82, 2.24) is 39.8 Å². The van der Waals surface area contributed by atoms with Crippen molar-refractivity contribution in [3.05, 3.63) is 18.2 Å². The van der Waals surface area contributed by atoms with Crippen LogP contribution in [0, 0.1) is 11.3 Å². The standard InChI is InChI=1S/C22H31N9O3/c1-5-6-7-11(2)13-9-31(29-28-13)21-26-18(23-3)14-19(27-21)30(10-25-14)15-12-8-22(12,20(34)24-4)17(33)16(15)32/h9-12,15-17,32-33H,5-8H2,1-4H3,(H,24,34)(H,23,26,27)/t11-,12?,15-,16?,17+,22-/m1/s1. The highest BCUT2D eigenvalue weighted by atomic mass is 16.3. The summed E-state index contributed by atoms with van der Waals surface area (Å²) in [5, 5.41) is 35.9. The maximum atomic E-state index is 12.5. The molecule has 5 rings (SSSR count). The molecule has 3 aromatic rings. The Morgan fingerprint density at radius 2 is 2.12 bits per heavy atom. The molecule has 12 nitrogen and oxygen atoms in total. The molecule has 0 aromatic carbocycles. The lowest BCUT2D eigenvalue weighted by molar-refractivity contribution is -0.132. The maximum absolute atomic E-state index is 12.5. The van der Waals surface area contributed by atoms with Crippen molar-refractivity contribution in [2.45, 2.75) is 63.7 Å². The minimum atomic E-state index is -1.16. The van der Waals surface area contributed by atoms with E-state index >= 15 is 0 Å². The Hall–Kier alpha value is -3.12. The molecule has 0 saturated heterocycles. The zero-order valence-corrected chi connectivity index (χ0v) is 19.8. The van der Waals surface area contributed by atoms with Gasteiger partial charge in [-0.15, -0.1) is 5.10 Å². The highest BCUT2D eigenvalue weighted by molar-refractivity contribution is 5.88. The number of hydrogen-bond acceptors (Lipinski definition) is 9. The Morgan fingerprint density at radius 1 is 1.32 bits per heavy atom. The summed E-state index contributed by atoms with van der Waals surface area (Å²) in [6, 6.07) is -0.537. The van der Waals surface area contributed by atoms with Crippen LogP contribution in [0.5, 0.6) is 0 Å². The van der Waals surface area contributed by atoms with E-state index in [0.717, 1.165) is 25.0 Å². The second kappa shape index (κ2) is 8.27. The number of amides is 1. The molecule has 3 heterocycles. The number of carbonyl (C=O) groups is 1. The van der Waals surface area contributed by atoms with Crippen molar-refractivity contribution in [2.75, 3.05) is 19.4 Å². The largest absolute Gasteiger partial charge is 0.389 e. The van der Waals surface area contributed by atoms with Gasteiger partial charge < -0.3 is 25.4 Å². The molecule has 182 valence electrons. The van der Waals surface area contributed by atoms with Gasteiger partial charge in [0.15, 0.2) is 17.0 Å². The summed E-state index contributed by atoms with van der Waals surface area (Å²) in [7, 11) is 3.29. The van der Waals surface area contributed by atoms with Crippen LogP contribution in [0.4, 0.5) is 5.82 Å². The predicted octanol–water partition coefficient (Wildman–Crippen LogP) is 0.771. The van der Waals surface area contributed by atoms with Gasteiger partial charge in [-0.25, -0.2) is 4.98 Å². The second-order valence-electron chi connectivity index (χ2n) is 9.43. The summed E-state index contributed by atoms with van der Waals surface area (Å²) in [6.07, 6.45) is 4.91. The van der Waals surface area contributed by atoms with E-state index in [0.29, 0.717) is 29.4 Å². The van der Waals surface area contributed by atoms with Crippen molar-refractivity contribution in [2.24, 2.45) is 11.3 Å². The average Bonchev–Trinajstić information content (AvgIpc) is 3.13. The number of aliphatic hydroxyl groups is 2. The number of imidazole rings is 1. The van der Waals surface area contributed by atoms with Gasteiger partial charge in [-0.3, -0.25) is 4.79 Å². The molecule has 0 bridgehead atoms. The number of nitrogens with one attached hydrogen (secondary N) is 2. The monoisotopic (exact) mass is 469 g/mol. The predicted molar refractivity (Wildman–Crippen MR) is 123 cm³/mol. The van der Waals surface area contributed by atoms with Crippen LogP contribution >= 0.6 is 0 Å². The lowest BCUT2D eigenvalue weighted by Crippen LogP contribution is -2.41. The van der Waals surface area contributed by atoms with Gasteiger partial charge in [0.2, 0.25) is 5.91 Å². The van der Waals surface area contributed by atoms with E-state index < -0.39 is 23.7 Å². The number of rotatable bonds is 8. The minimum absolute atomic E-state index is 0.219. The zero-order valence-electron chi connectivity index (χ0n) is 19.8. The lowest BCUT2D eigenvalue weighted by Gasteiger charge is -2.23. The highest BCUT2D eigenvalue weighted by Crippen LogP contribution is 2.67. The highest BCUT2D eigenvalue weighted by Gasteiger charge is 2.75. The summed E-state index contributed by atoms with van der Waals surface area (Å²) in [5.74, 6) is 0.630. The third kappa shape index (κ3) is 3.19. The topological polar surface area (TPSA) is 156 Å². The maximum Gasteiger partial charge on any atom is 0.256 e. The van der Waals surface area contributed by atoms with Gasteiger partial charge in [-0.1, -0.05) is 31.9 Å². The molecule has 0 spiro atoms. The van der Waals surface area contributed by atoms with Crippen LogP contribution in [0.15, 0.2) is 12.5 Å². The van der Waals surface area contributed by atoms with Crippen molar-refractivity contribution in [3.63, 3.8) is 0 Å². The number of hydrogen-bond donors (Lipinski definition) is 4. The van der Waals surface area contributed by atoms with Crippen LogP contribution in [0.3, 0.4) is 0 Å². The third-order valence-electron chi connectivity index (χ3n) is 7.50. The van der Waals surface area contributed by atoms with Gasteiger partial charge in [0.1, 0.15) is 6.10 Å². The number of nitrogens with zero attached hydrogens (tertiary/aromatic N) is 7. The summed E-state index contributed by atoms with van der Waals surface area (Å²) in [4.78, 5) is 26.3. The fourth-order valence-corrected chi connectivity index (χ4v) is 5.45. The Balaban J connectivity index is 1.54. The smallest absolute Gasteiger partial charge is 0.256 e. The van der Waals surface area contributed by atoms with Crippen molar-refractivity contribution in [3.8, 4) is 5.95 Å². The average molecular weight is 470 g/mol. The summed E-state index contributed by atoms with van der Waals surface area (Å²) < 4.78 is 3.29. The van der Waals surface area contributed by atoms with E-state index in [1.165, 1.54) is 0 Å². The van der Waals surface area contributed by atoms with E-state index in [4.69, 9.17) is 4.98 Å². The Labute approximate surface area is 196 Å². The minimum Gasteiger partial charge on any atom is -0.389 e. The molecule has 1 amide bonds. The quantitative estimate of drug-likeness (QED) is 0.374. The van der Waals surface area contributed by atoms with Crippen LogP contribution in [-0.4, -0.2) is 76.9 Å². The first-order chi connectivity index (χ1) is 16.4. The molecule has 2 aliphatic rings. The number of anilines is 1. The van der Waals surface area contributed by atoms with Crippen molar-refractivity contribution >= 4 is 22.9 Å². The fraction of sp³-hybridized carbons (Fsp3) is 0.636. The van der Waals surface area contributed by atoms with E-state index in [1.807, 2.05) is 6.20 Å². The lowest BCUT2D eigenvalue weighted by atomic mass is 9.98. The van der Waals surface area contributed by atoms with Crippen molar-refractivity contribution in [1.29, 1.82) is 0 Å². The van der Waals surface area contributed by atoms with Crippen LogP contribution in [0.1, 0.15) is 57.2 Å². The first-order valence-corrected chi connectivity index (χ1v) is 11.8. The molecule has 2 aliphatic carbocycles. The van der Waals surface area contributed by atoms with Gasteiger partial charge in [0.25, 0.3) is 5.95 Å². The van der Waals surface area contributed by atoms with E-state index in [9.17, 15) is 15.0 Å². The van der Waals surface area contributed by atoms with Crippen LogP contribution in [0.25, 0.3) is 17.1 Å². The molecule has 0 aliphatic heterocycles.